The van der Waals surface area contributed by atoms with Crippen LogP contribution in [0.25, 0.3) is 0 Å². The summed E-state index contributed by atoms with van der Waals surface area (Å²) in [5.74, 6) is 0.248. The lowest BCUT2D eigenvalue weighted by molar-refractivity contribution is -0.123. The Hall–Kier alpha value is -1.23. The first-order valence-electron chi connectivity index (χ1n) is 7.24. The topological polar surface area (TPSA) is 41.6 Å². The van der Waals surface area contributed by atoms with Gasteiger partial charge in [-0.05, 0) is 25.2 Å². The molecule has 0 bridgehead atoms. The van der Waals surface area contributed by atoms with Crippen LogP contribution in [0.5, 0.6) is 0 Å². The Labute approximate surface area is 121 Å². The van der Waals surface area contributed by atoms with Crippen molar-refractivity contribution in [1.82, 2.24) is 10.2 Å². The van der Waals surface area contributed by atoms with Crippen LogP contribution in [0.1, 0.15) is 36.6 Å². The molecule has 1 aliphatic heterocycles. The normalized spacial score (nSPS) is 20.9. The van der Waals surface area contributed by atoms with Gasteiger partial charge in [-0.1, -0.05) is 31.2 Å². The van der Waals surface area contributed by atoms with E-state index in [0.717, 1.165) is 25.3 Å². The van der Waals surface area contributed by atoms with Gasteiger partial charge in [0.05, 0.1) is 18.8 Å². The van der Waals surface area contributed by atoms with Gasteiger partial charge in [-0.25, -0.2) is 0 Å². The number of likely N-dealkylation sites (N-methyl/N-ethyl adjacent to an activating group) is 1. The highest BCUT2D eigenvalue weighted by Crippen LogP contribution is 2.24. The van der Waals surface area contributed by atoms with E-state index in [1.54, 1.807) is 0 Å². The van der Waals surface area contributed by atoms with Crippen LogP contribution >= 0.6 is 0 Å². The maximum Gasteiger partial charge on any atom is 0.154 e. The lowest BCUT2D eigenvalue weighted by atomic mass is 9.97. The molecule has 1 saturated heterocycles. The van der Waals surface area contributed by atoms with Gasteiger partial charge in [-0.3, -0.25) is 9.69 Å². The van der Waals surface area contributed by atoms with Gasteiger partial charge in [0, 0.05) is 19.5 Å². The zero-order valence-corrected chi connectivity index (χ0v) is 12.6. The Morgan fingerprint density at radius 2 is 2.10 bits per heavy atom. The van der Waals surface area contributed by atoms with Crippen molar-refractivity contribution in [3.8, 4) is 0 Å². The minimum Gasteiger partial charge on any atom is -0.371 e. The summed E-state index contributed by atoms with van der Waals surface area (Å²) in [5, 5.41) is 3.33. The van der Waals surface area contributed by atoms with Crippen LogP contribution < -0.4 is 5.32 Å². The predicted molar refractivity (Wildman–Crippen MR) is 79.7 cm³/mol. The lowest BCUT2D eigenvalue weighted by Gasteiger charge is -2.26. The molecule has 1 aliphatic rings. The molecule has 2 rings (SSSR count). The van der Waals surface area contributed by atoms with Crippen LogP contribution in [0.15, 0.2) is 24.3 Å². The average molecular weight is 276 g/mol. The zero-order chi connectivity index (χ0) is 14.5. The van der Waals surface area contributed by atoms with E-state index in [4.69, 9.17) is 4.74 Å². The number of hydrogen-bond acceptors (Lipinski definition) is 4. The summed E-state index contributed by atoms with van der Waals surface area (Å²) in [6.45, 7) is 4.43. The number of ether oxygens (including phenoxy) is 1. The van der Waals surface area contributed by atoms with Crippen LogP contribution in [0, 0.1) is 0 Å². The van der Waals surface area contributed by atoms with Gasteiger partial charge in [-0.15, -0.1) is 0 Å². The fourth-order valence-electron chi connectivity index (χ4n) is 2.64. The first kappa shape index (κ1) is 15.2. The average Bonchev–Trinajstić information content (AvgIpc) is 2.48. The van der Waals surface area contributed by atoms with Crippen LogP contribution in [-0.4, -0.2) is 44.5 Å². The second kappa shape index (κ2) is 6.97. The van der Waals surface area contributed by atoms with Gasteiger partial charge in [0.2, 0.25) is 0 Å². The SMILES string of the molecule is CCC(=O)C(c1ccc(C2CNCCO2)cc1)N(C)C. The Morgan fingerprint density at radius 3 is 2.60 bits per heavy atom. The van der Waals surface area contributed by atoms with Gasteiger partial charge >= 0.3 is 0 Å². The number of nitrogens with one attached hydrogen (secondary N) is 1. The molecular weight excluding hydrogens is 252 g/mol. The van der Waals surface area contributed by atoms with Crippen molar-refractivity contribution in [2.24, 2.45) is 0 Å². The number of rotatable bonds is 5. The van der Waals surface area contributed by atoms with E-state index in [2.05, 4.69) is 17.4 Å². The fourth-order valence-corrected chi connectivity index (χ4v) is 2.64. The molecular formula is C16H24N2O2. The van der Waals surface area contributed by atoms with Gasteiger partial charge < -0.3 is 10.1 Å². The van der Waals surface area contributed by atoms with Crippen molar-refractivity contribution >= 4 is 5.78 Å². The van der Waals surface area contributed by atoms with E-state index >= 15 is 0 Å². The van der Waals surface area contributed by atoms with Crippen LogP contribution in [0.2, 0.25) is 0 Å². The molecule has 4 heteroatoms. The minimum atomic E-state index is -0.153. The summed E-state index contributed by atoms with van der Waals surface area (Å²) < 4.78 is 5.74. The van der Waals surface area contributed by atoms with E-state index in [1.807, 2.05) is 38.1 Å². The Morgan fingerprint density at radius 1 is 1.40 bits per heavy atom. The van der Waals surface area contributed by atoms with Crippen molar-refractivity contribution in [3.63, 3.8) is 0 Å². The summed E-state index contributed by atoms with van der Waals surface area (Å²) in [6, 6.07) is 8.09. The van der Waals surface area contributed by atoms with E-state index in [-0.39, 0.29) is 17.9 Å². The standard InChI is InChI=1S/C16H24N2O2/c1-4-14(19)16(18(2)3)13-7-5-12(6-8-13)15-11-17-9-10-20-15/h5-8,15-17H,4,9-11H2,1-3H3. The van der Waals surface area contributed by atoms with Crippen molar-refractivity contribution in [2.45, 2.75) is 25.5 Å². The number of ketones is 1. The highest BCUT2D eigenvalue weighted by Gasteiger charge is 2.22. The van der Waals surface area contributed by atoms with E-state index < -0.39 is 0 Å². The number of morpholine rings is 1. The van der Waals surface area contributed by atoms with Gasteiger partial charge in [-0.2, -0.15) is 0 Å². The Kier molecular flexibility index (Phi) is 5.29. The quantitative estimate of drug-likeness (QED) is 0.892. The van der Waals surface area contributed by atoms with Crippen molar-refractivity contribution in [1.29, 1.82) is 0 Å². The van der Waals surface area contributed by atoms with Crippen molar-refractivity contribution < 1.29 is 9.53 Å². The van der Waals surface area contributed by atoms with Crippen LogP contribution in [-0.2, 0) is 9.53 Å². The van der Waals surface area contributed by atoms with Crippen molar-refractivity contribution in [3.05, 3.63) is 35.4 Å². The summed E-state index contributed by atoms with van der Waals surface area (Å²) in [6.07, 6.45) is 0.678. The monoisotopic (exact) mass is 276 g/mol. The van der Waals surface area contributed by atoms with Gasteiger partial charge in [0.15, 0.2) is 5.78 Å². The maximum absolute atomic E-state index is 12.1. The molecule has 0 amide bonds. The van der Waals surface area contributed by atoms with E-state index in [0.29, 0.717) is 6.42 Å². The molecule has 0 aliphatic carbocycles. The number of benzene rings is 1. The predicted octanol–water partition coefficient (Wildman–Crippen LogP) is 1.93. The van der Waals surface area contributed by atoms with E-state index in [1.165, 1.54) is 5.56 Å². The third kappa shape index (κ3) is 3.45. The highest BCUT2D eigenvalue weighted by atomic mass is 16.5. The highest BCUT2D eigenvalue weighted by molar-refractivity contribution is 5.85. The minimum absolute atomic E-state index is 0.123. The van der Waals surface area contributed by atoms with Gasteiger partial charge in [0.1, 0.15) is 0 Å². The Balaban J connectivity index is 2.15. The molecule has 4 nitrogen and oxygen atoms in total. The van der Waals surface area contributed by atoms with Crippen LogP contribution in [0.3, 0.4) is 0 Å². The summed E-state index contributed by atoms with van der Waals surface area (Å²) in [7, 11) is 3.89. The molecule has 2 unspecified atom stereocenters. The number of hydrogen-bond donors (Lipinski definition) is 1. The number of Topliss-reactive ketones (excluding diaryl/α,β-unsaturated/α-hetero) is 1. The molecule has 0 saturated carbocycles. The molecule has 110 valence electrons. The molecule has 1 fully saturated rings. The van der Waals surface area contributed by atoms with Gasteiger partial charge in [0.25, 0.3) is 0 Å². The molecule has 20 heavy (non-hydrogen) atoms. The molecule has 1 aromatic carbocycles. The first-order valence-corrected chi connectivity index (χ1v) is 7.24. The second-order valence-electron chi connectivity index (χ2n) is 5.42. The zero-order valence-electron chi connectivity index (χ0n) is 12.6. The van der Waals surface area contributed by atoms with Crippen molar-refractivity contribution in [2.75, 3.05) is 33.8 Å². The summed E-state index contributed by atoms with van der Waals surface area (Å²) in [4.78, 5) is 14.0. The molecule has 0 aromatic heterocycles. The second-order valence-corrected chi connectivity index (χ2v) is 5.42. The molecule has 2 atom stereocenters. The van der Waals surface area contributed by atoms with Crippen LogP contribution in [0.4, 0.5) is 0 Å². The number of carbonyl (C=O) groups is 1. The largest absolute Gasteiger partial charge is 0.371 e. The fraction of sp³-hybridized carbons (Fsp3) is 0.562. The maximum atomic E-state index is 12.1. The first-order chi connectivity index (χ1) is 9.63. The molecule has 1 aromatic rings. The molecule has 0 spiro atoms. The molecule has 1 heterocycles. The summed E-state index contributed by atoms with van der Waals surface area (Å²) >= 11 is 0. The summed E-state index contributed by atoms with van der Waals surface area (Å²) in [5.41, 5.74) is 2.22. The van der Waals surface area contributed by atoms with E-state index in [9.17, 15) is 4.79 Å². The molecule has 0 radical (unpaired) electrons. The smallest absolute Gasteiger partial charge is 0.154 e. The lowest BCUT2D eigenvalue weighted by Crippen LogP contribution is -2.33. The number of nitrogens with zero attached hydrogens (tertiary/aromatic N) is 1. The third-order valence-corrected chi connectivity index (χ3v) is 3.72. The molecule has 1 N–H and O–H groups in total. The third-order valence-electron chi connectivity index (χ3n) is 3.72. The number of carbonyl (C=O) groups excluding carboxylic acids is 1. The Bertz CT molecular complexity index is 436.